The lowest BCUT2D eigenvalue weighted by Gasteiger charge is -2.35. The molecule has 8 heteroatoms. The van der Waals surface area contributed by atoms with Crippen LogP contribution in [0.15, 0.2) is 6.20 Å². The molecule has 0 aliphatic carbocycles. The van der Waals surface area contributed by atoms with Crippen LogP contribution in [0.2, 0.25) is 0 Å². The minimum atomic E-state index is -0.0115. The quantitative estimate of drug-likeness (QED) is 0.783. The number of likely N-dealkylation sites (tertiary alicyclic amines) is 1. The van der Waals surface area contributed by atoms with Crippen molar-refractivity contribution in [2.75, 3.05) is 33.4 Å². The number of carbonyl (C=O) groups is 2. The molecule has 2 aliphatic heterocycles. The van der Waals surface area contributed by atoms with E-state index >= 15 is 0 Å². The average molecular weight is 390 g/mol. The zero-order valence-corrected chi connectivity index (χ0v) is 17.1. The van der Waals surface area contributed by atoms with Gasteiger partial charge in [0, 0.05) is 63.6 Å². The first-order valence-electron chi connectivity index (χ1n) is 10.1. The van der Waals surface area contributed by atoms with Gasteiger partial charge in [-0.2, -0.15) is 0 Å². The van der Waals surface area contributed by atoms with Crippen LogP contribution in [0.25, 0.3) is 0 Å². The molecular weight excluding hydrogens is 358 g/mol. The highest BCUT2D eigenvalue weighted by Crippen LogP contribution is 2.29. The summed E-state index contributed by atoms with van der Waals surface area (Å²) in [4.78, 5) is 37.5. The van der Waals surface area contributed by atoms with Crippen LogP contribution in [0.5, 0.6) is 0 Å². The highest BCUT2D eigenvalue weighted by molar-refractivity contribution is 5.78. The first-order valence-corrected chi connectivity index (χ1v) is 10.1. The number of carbonyl (C=O) groups excluding carboxylic acids is 2. The van der Waals surface area contributed by atoms with Gasteiger partial charge in [0.1, 0.15) is 0 Å². The lowest BCUT2D eigenvalue weighted by Crippen LogP contribution is -2.44. The first kappa shape index (κ1) is 20.7. The second-order valence-electron chi connectivity index (χ2n) is 7.81. The van der Waals surface area contributed by atoms with Crippen molar-refractivity contribution >= 4 is 11.8 Å². The summed E-state index contributed by atoms with van der Waals surface area (Å²) in [6.45, 7) is 6.65. The van der Waals surface area contributed by atoms with Gasteiger partial charge in [0.05, 0.1) is 19.2 Å². The van der Waals surface area contributed by atoms with E-state index in [0.717, 1.165) is 55.9 Å². The Hall–Kier alpha value is -2.06. The van der Waals surface area contributed by atoms with Gasteiger partial charge in [0.15, 0.2) is 5.82 Å². The van der Waals surface area contributed by atoms with Gasteiger partial charge in [-0.05, 0) is 26.2 Å². The van der Waals surface area contributed by atoms with E-state index in [1.807, 2.05) is 18.0 Å². The highest BCUT2D eigenvalue weighted by Gasteiger charge is 2.29. The maximum absolute atomic E-state index is 12.2. The van der Waals surface area contributed by atoms with Crippen molar-refractivity contribution in [1.82, 2.24) is 25.1 Å². The monoisotopic (exact) mass is 389 g/mol. The van der Waals surface area contributed by atoms with Gasteiger partial charge in [0.25, 0.3) is 0 Å². The Morgan fingerprint density at radius 2 is 2.18 bits per heavy atom. The SMILES string of the molecule is COC[C@@H](C)NC(=O)CN1CCc2nc([C@H]3CCCCN3C(C)=O)ncc2C1. The van der Waals surface area contributed by atoms with E-state index in [9.17, 15) is 9.59 Å². The van der Waals surface area contributed by atoms with Crippen molar-refractivity contribution in [3.63, 3.8) is 0 Å². The van der Waals surface area contributed by atoms with Crippen LogP contribution < -0.4 is 5.32 Å². The maximum atomic E-state index is 12.2. The molecule has 3 heterocycles. The molecule has 1 aromatic heterocycles. The number of nitrogens with one attached hydrogen (secondary N) is 1. The van der Waals surface area contributed by atoms with Gasteiger partial charge < -0.3 is 15.0 Å². The standard InChI is InChI=1S/C20H31N5O3/c1-14(13-28-3)22-19(27)12-24-9-7-17-16(11-24)10-21-20(23-17)18-6-4-5-8-25(18)15(2)26/h10,14,18H,4-9,11-13H2,1-3H3,(H,22,27)/t14-,18-/m1/s1. The van der Waals surface area contributed by atoms with Crippen LogP contribution in [0, 0.1) is 0 Å². The third-order valence-corrected chi connectivity index (χ3v) is 5.43. The van der Waals surface area contributed by atoms with E-state index in [0.29, 0.717) is 19.7 Å². The fourth-order valence-electron chi connectivity index (χ4n) is 4.08. The fraction of sp³-hybridized carbons (Fsp3) is 0.700. The molecule has 3 rings (SSSR count). The molecule has 1 N–H and O–H groups in total. The molecule has 0 unspecified atom stereocenters. The minimum absolute atomic E-state index is 0.000170. The number of methoxy groups -OCH3 is 1. The summed E-state index contributed by atoms with van der Waals surface area (Å²) in [7, 11) is 1.63. The Bertz CT molecular complexity index is 711. The number of amides is 2. The van der Waals surface area contributed by atoms with E-state index in [1.54, 1.807) is 14.0 Å². The highest BCUT2D eigenvalue weighted by atomic mass is 16.5. The molecule has 2 aliphatic rings. The van der Waals surface area contributed by atoms with E-state index < -0.39 is 0 Å². The Morgan fingerprint density at radius 3 is 2.93 bits per heavy atom. The van der Waals surface area contributed by atoms with Crippen molar-refractivity contribution < 1.29 is 14.3 Å². The van der Waals surface area contributed by atoms with Crippen LogP contribution in [0.1, 0.15) is 56.2 Å². The molecule has 2 amide bonds. The van der Waals surface area contributed by atoms with Crippen molar-refractivity contribution in [2.24, 2.45) is 0 Å². The van der Waals surface area contributed by atoms with Gasteiger partial charge in [-0.3, -0.25) is 14.5 Å². The lowest BCUT2D eigenvalue weighted by molar-refractivity contribution is -0.132. The van der Waals surface area contributed by atoms with E-state index in [4.69, 9.17) is 9.72 Å². The van der Waals surface area contributed by atoms with E-state index in [2.05, 4.69) is 15.2 Å². The summed E-state index contributed by atoms with van der Waals surface area (Å²) in [6.07, 6.45) is 5.73. The molecular formula is C20H31N5O3. The third kappa shape index (κ3) is 5.05. The van der Waals surface area contributed by atoms with Crippen LogP contribution in [0.4, 0.5) is 0 Å². The minimum Gasteiger partial charge on any atom is -0.383 e. The average Bonchev–Trinajstić information content (AvgIpc) is 2.67. The van der Waals surface area contributed by atoms with Gasteiger partial charge in [-0.15, -0.1) is 0 Å². The van der Waals surface area contributed by atoms with Crippen molar-refractivity contribution in [1.29, 1.82) is 0 Å². The van der Waals surface area contributed by atoms with Crippen molar-refractivity contribution in [3.8, 4) is 0 Å². The Morgan fingerprint density at radius 1 is 1.36 bits per heavy atom. The normalized spacial score (nSPS) is 21.1. The number of nitrogens with zero attached hydrogens (tertiary/aromatic N) is 4. The molecule has 154 valence electrons. The molecule has 1 fully saturated rings. The largest absolute Gasteiger partial charge is 0.383 e. The van der Waals surface area contributed by atoms with Crippen molar-refractivity contribution in [2.45, 2.75) is 58.2 Å². The second kappa shape index (κ2) is 9.43. The summed E-state index contributed by atoms with van der Waals surface area (Å²) >= 11 is 0. The van der Waals surface area contributed by atoms with E-state index in [-0.39, 0.29) is 23.9 Å². The molecule has 0 radical (unpaired) electrons. The lowest BCUT2D eigenvalue weighted by atomic mass is 10.0. The Labute approximate surface area is 166 Å². The molecule has 0 bridgehead atoms. The number of ether oxygens (including phenoxy) is 1. The first-order chi connectivity index (χ1) is 13.5. The van der Waals surface area contributed by atoms with Crippen LogP contribution in [0.3, 0.4) is 0 Å². The summed E-state index contributed by atoms with van der Waals surface area (Å²) in [5.74, 6) is 0.851. The van der Waals surface area contributed by atoms with Crippen LogP contribution in [-0.2, 0) is 27.3 Å². The van der Waals surface area contributed by atoms with Gasteiger partial charge in [-0.1, -0.05) is 0 Å². The van der Waals surface area contributed by atoms with Gasteiger partial charge in [0.2, 0.25) is 11.8 Å². The smallest absolute Gasteiger partial charge is 0.234 e. The molecule has 8 nitrogen and oxygen atoms in total. The fourth-order valence-corrected chi connectivity index (χ4v) is 4.08. The molecule has 1 saturated heterocycles. The molecule has 0 aromatic carbocycles. The summed E-state index contributed by atoms with van der Waals surface area (Å²) in [5.41, 5.74) is 2.11. The number of rotatable bonds is 6. The predicted octanol–water partition coefficient (Wildman–Crippen LogP) is 1.06. The zero-order valence-electron chi connectivity index (χ0n) is 17.1. The number of aromatic nitrogens is 2. The number of fused-ring (bicyclic) bond motifs is 1. The molecule has 28 heavy (non-hydrogen) atoms. The van der Waals surface area contributed by atoms with E-state index in [1.165, 1.54) is 0 Å². The molecule has 0 saturated carbocycles. The van der Waals surface area contributed by atoms with Crippen LogP contribution in [-0.4, -0.2) is 71.0 Å². The predicted molar refractivity (Wildman–Crippen MR) is 104 cm³/mol. The number of hydrogen-bond acceptors (Lipinski definition) is 6. The zero-order chi connectivity index (χ0) is 20.1. The van der Waals surface area contributed by atoms with Gasteiger partial charge in [-0.25, -0.2) is 9.97 Å². The summed E-state index contributed by atoms with van der Waals surface area (Å²) in [6, 6.07) is -0.0113. The van der Waals surface area contributed by atoms with Gasteiger partial charge >= 0.3 is 0 Å². The summed E-state index contributed by atoms with van der Waals surface area (Å²) in [5, 5.41) is 2.95. The Balaban J connectivity index is 1.62. The van der Waals surface area contributed by atoms with Crippen molar-refractivity contribution in [3.05, 3.63) is 23.3 Å². The topological polar surface area (TPSA) is 87.7 Å². The molecule has 0 spiro atoms. The third-order valence-electron chi connectivity index (χ3n) is 5.43. The molecule has 1 aromatic rings. The van der Waals surface area contributed by atoms with Crippen LogP contribution >= 0.6 is 0 Å². The maximum Gasteiger partial charge on any atom is 0.234 e. The number of hydrogen-bond donors (Lipinski definition) is 1. The molecule has 2 atom stereocenters. The number of piperidine rings is 1. The second-order valence-corrected chi connectivity index (χ2v) is 7.81. The summed E-state index contributed by atoms with van der Waals surface area (Å²) < 4.78 is 5.06. The Kier molecular flexibility index (Phi) is 6.96.